The van der Waals surface area contributed by atoms with Crippen molar-refractivity contribution in [3.05, 3.63) is 65.7 Å². The van der Waals surface area contributed by atoms with Gasteiger partial charge in [0.05, 0.1) is 6.04 Å². The highest BCUT2D eigenvalue weighted by molar-refractivity contribution is 5.89. The molecule has 6 heteroatoms. The summed E-state index contributed by atoms with van der Waals surface area (Å²) >= 11 is 0. The number of anilines is 1. The van der Waals surface area contributed by atoms with E-state index in [1.807, 2.05) is 66.2 Å². The molecule has 1 saturated heterocycles. The summed E-state index contributed by atoms with van der Waals surface area (Å²) < 4.78 is 0. The summed E-state index contributed by atoms with van der Waals surface area (Å²) in [4.78, 5) is 32.4. The molecule has 0 spiro atoms. The highest BCUT2D eigenvalue weighted by atomic mass is 16.2. The van der Waals surface area contributed by atoms with Crippen molar-refractivity contribution in [1.82, 2.24) is 14.7 Å². The van der Waals surface area contributed by atoms with Crippen molar-refractivity contribution in [1.29, 1.82) is 0 Å². The molecular weight excluding hydrogens is 412 g/mol. The van der Waals surface area contributed by atoms with Gasteiger partial charge in [0.15, 0.2) is 0 Å². The fourth-order valence-corrected chi connectivity index (χ4v) is 5.13. The number of amides is 3. The molecule has 0 radical (unpaired) electrons. The minimum Gasteiger partial charge on any atom is -0.340 e. The van der Waals surface area contributed by atoms with Crippen molar-refractivity contribution < 1.29 is 9.59 Å². The monoisotopic (exact) mass is 448 g/mol. The summed E-state index contributed by atoms with van der Waals surface area (Å²) in [6.45, 7) is 5.39. The van der Waals surface area contributed by atoms with Crippen molar-refractivity contribution in [2.45, 2.75) is 45.2 Å². The Bertz CT molecular complexity index is 917. The highest BCUT2D eigenvalue weighted by Gasteiger charge is 2.38. The second-order valence-corrected chi connectivity index (χ2v) is 9.49. The fraction of sp³-hybridized carbons (Fsp3) is 0.481. The van der Waals surface area contributed by atoms with E-state index in [9.17, 15) is 9.59 Å². The van der Waals surface area contributed by atoms with Crippen LogP contribution in [0.3, 0.4) is 0 Å². The Hall–Kier alpha value is -2.86. The number of likely N-dealkylation sites (N-methyl/N-ethyl adjacent to an activating group) is 1. The first-order chi connectivity index (χ1) is 16.0. The molecule has 1 saturated carbocycles. The summed E-state index contributed by atoms with van der Waals surface area (Å²) in [5, 5.41) is 3.00. The van der Waals surface area contributed by atoms with Crippen LogP contribution in [0.25, 0.3) is 0 Å². The third-order valence-corrected chi connectivity index (χ3v) is 7.04. The van der Waals surface area contributed by atoms with Gasteiger partial charge in [0.2, 0.25) is 5.91 Å². The van der Waals surface area contributed by atoms with E-state index in [0.717, 1.165) is 37.2 Å². The zero-order valence-electron chi connectivity index (χ0n) is 19.9. The smallest absolute Gasteiger partial charge is 0.321 e. The molecule has 2 fully saturated rings. The van der Waals surface area contributed by atoms with Gasteiger partial charge in [-0.05, 0) is 43.4 Å². The average molecular weight is 449 g/mol. The molecule has 3 amide bonds. The van der Waals surface area contributed by atoms with Gasteiger partial charge in [-0.3, -0.25) is 9.69 Å². The molecule has 1 heterocycles. The Balaban J connectivity index is 1.37. The van der Waals surface area contributed by atoms with Crippen LogP contribution < -0.4 is 5.32 Å². The van der Waals surface area contributed by atoms with Gasteiger partial charge in [-0.15, -0.1) is 0 Å². The molecule has 176 valence electrons. The molecule has 2 aliphatic rings. The second-order valence-electron chi connectivity index (χ2n) is 9.49. The number of carbonyl (C=O) groups excluding carboxylic acids is 2. The Morgan fingerprint density at radius 3 is 2.24 bits per heavy atom. The summed E-state index contributed by atoms with van der Waals surface area (Å²) in [7, 11) is 1.92. The lowest BCUT2D eigenvalue weighted by atomic mass is 9.94. The Morgan fingerprint density at radius 2 is 1.61 bits per heavy atom. The van der Waals surface area contributed by atoms with Crippen molar-refractivity contribution in [3.8, 4) is 0 Å². The molecule has 1 aliphatic heterocycles. The summed E-state index contributed by atoms with van der Waals surface area (Å²) in [5.41, 5.74) is 3.13. The van der Waals surface area contributed by atoms with Gasteiger partial charge in [0.1, 0.15) is 0 Å². The van der Waals surface area contributed by atoms with Crippen molar-refractivity contribution in [2.75, 3.05) is 38.5 Å². The van der Waals surface area contributed by atoms with E-state index >= 15 is 0 Å². The molecule has 2 aromatic carbocycles. The van der Waals surface area contributed by atoms with Crippen LogP contribution in [0.15, 0.2) is 54.6 Å². The molecule has 33 heavy (non-hydrogen) atoms. The third-order valence-electron chi connectivity index (χ3n) is 7.04. The van der Waals surface area contributed by atoms with E-state index in [2.05, 4.69) is 22.3 Å². The number of nitrogens with zero attached hydrogens (tertiary/aromatic N) is 3. The van der Waals surface area contributed by atoms with Crippen LogP contribution in [0, 0.1) is 12.8 Å². The lowest BCUT2D eigenvalue weighted by Crippen LogP contribution is -2.58. The minimum absolute atomic E-state index is 0.0663. The summed E-state index contributed by atoms with van der Waals surface area (Å²) in [5.74, 6) is 0.618. The van der Waals surface area contributed by atoms with Gasteiger partial charge in [0.25, 0.3) is 0 Å². The number of carbonyl (C=O) groups is 2. The van der Waals surface area contributed by atoms with Crippen molar-refractivity contribution in [3.63, 3.8) is 0 Å². The van der Waals surface area contributed by atoms with Crippen LogP contribution in [-0.2, 0) is 11.3 Å². The molecule has 1 aliphatic carbocycles. The van der Waals surface area contributed by atoms with Crippen LogP contribution in [-0.4, -0.2) is 65.9 Å². The number of benzene rings is 2. The van der Waals surface area contributed by atoms with E-state index in [0.29, 0.717) is 25.6 Å². The van der Waals surface area contributed by atoms with E-state index in [-0.39, 0.29) is 18.0 Å². The minimum atomic E-state index is -0.0940. The maximum atomic E-state index is 13.6. The lowest BCUT2D eigenvalue weighted by molar-refractivity contribution is -0.139. The Labute approximate surface area is 197 Å². The number of urea groups is 1. The zero-order chi connectivity index (χ0) is 23.2. The summed E-state index contributed by atoms with van der Waals surface area (Å²) in [6.07, 6.45) is 4.64. The first kappa shape index (κ1) is 23.3. The fourth-order valence-electron chi connectivity index (χ4n) is 5.13. The number of aryl methyl sites for hydroxylation is 1. The van der Waals surface area contributed by atoms with E-state index in [4.69, 9.17) is 0 Å². The molecule has 6 nitrogen and oxygen atoms in total. The molecule has 2 aromatic rings. The first-order valence-electron chi connectivity index (χ1n) is 12.2. The van der Waals surface area contributed by atoms with E-state index < -0.39 is 0 Å². The lowest BCUT2D eigenvalue weighted by Gasteiger charge is -2.42. The predicted octanol–water partition coefficient (Wildman–Crippen LogP) is 4.36. The number of rotatable bonds is 6. The number of nitrogens with one attached hydrogen (secondary N) is 1. The van der Waals surface area contributed by atoms with Gasteiger partial charge in [-0.2, -0.15) is 0 Å². The van der Waals surface area contributed by atoms with Crippen LogP contribution >= 0.6 is 0 Å². The van der Waals surface area contributed by atoms with Crippen LogP contribution in [0.1, 0.15) is 36.8 Å². The van der Waals surface area contributed by atoms with Gasteiger partial charge in [0, 0.05) is 45.5 Å². The molecule has 1 unspecified atom stereocenters. The van der Waals surface area contributed by atoms with Crippen molar-refractivity contribution >= 4 is 17.6 Å². The maximum Gasteiger partial charge on any atom is 0.321 e. The van der Waals surface area contributed by atoms with E-state index in [1.54, 1.807) is 0 Å². The number of piperazine rings is 1. The Kier molecular flexibility index (Phi) is 7.65. The van der Waals surface area contributed by atoms with E-state index in [1.165, 1.54) is 18.4 Å². The molecular formula is C27H36N4O2. The molecule has 1 N–H and O–H groups in total. The normalized spacial score (nSPS) is 18.2. The molecule has 1 atom stereocenters. The average Bonchev–Trinajstić information content (AvgIpc) is 3.36. The predicted molar refractivity (Wildman–Crippen MR) is 132 cm³/mol. The largest absolute Gasteiger partial charge is 0.340 e. The first-order valence-corrected chi connectivity index (χ1v) is 12.2. The van der Waals surface area contributed by atoms with Crippen LogP contribution in [0.5, 0.6) is 0 Å². The van der Waals surface area contributed by atoms with Gasteiger partial charge in [-0.25, -0.2) is 4.79 Å². The standard InChI is InChI=1S/C27H36N4O2/c1-21-12-14-24(15-13-21)28-27(33)31-18-16-30(17-19-31)25(23-10-6-7-11-23)26(32)29(2)20-22-8-4-3-5-9-22/h3-5,8-9,12-15,23,25H,6-7,10-11,16-20H2,1-2H3,(H,28,33). The topological polar surface area (TPSA) is 55.9 Å². The number of hydrogen-bond acceptors (Lipinski definition) is 3. The van der Waals surface area contributed by atoms with Crippen molar-refractivity contribution in [2.24, 2.45) is 5.92 Å². The van der Waals surface area contributed by atoms with Gasteiger partial charge in [-0.1, -0.05) is 60.9 Å². The second kappa shape index (κ2) is 10.8. The van der Waals surface area contributed by atoms with Gasteiger partial charge >= 0.3 is 6.03 Å². The zero-order valence-corrected chi connectivity index (χ0v) is 19.9. The maximum absolute atomic E-state index is 13.6. The van der Waals surface area contributed by atoms with Gasteiger partial charge < -0.3 is 15.1 Å². The van der Waals surface area contributed by atoms with Crippen LogP contribution in [0.4, 0.5) is 10.5 Å². The number of hydrogen-bond donors (Lipinski definition) is 1. The van der Waals surface area contributed by atoms with Crippen LogP contribution in [0.2, 0.25) is 0 Å². The highest BCUT2D eigenvalue weighted by Crippen LogP contribution is 2.32. The molecule has 0 aromatic heterocycles. The quantitative estimate of drug-likeness (QED) is 0.714. The molecule has 0 bridgehead atoms. The SMILES string of the molecule is Cc1ccc(NC(=O)N2CCN(C(C(=O)N(C)Cc3ccccc3)C3CCCC3)CC2)cc1. The Morgan fingerprint density at radius 1 is 0.970 bits per heavy atom. The third kappa shape index (κ3) is 5.93. The summed E-state index contributed by atoms with van der Waals surface area (Å²) in [6, 6.07) is 17.9. The molecule has 4 rings (SSSR count).